The van der Waals surface area contributed by atoms with E-state index >= 15 is 0 Å². The van der Waals surface area contributed by atoms with Crippen molar-refractivity contribution >= 4 is 5.91 Å². The zero-order valence-electron chi connectivity index (χ0n) is 13.2. The molecule has 0 bridgehead atoms. The van der Waals surface area contributed by atoms with Crippen LogP contribution in [0.5, 0.6) is 11.5 Å². The van der Waals surface area contributed by atoms with E-state index in [1.807, 2.05) is 17.0 Å². The smallest absolute Gasteiger partial charge is 0.223 e. The van der Waals surface area contributed by atoms with Gasteiger partial charge in [0.2, 0.25) is 5.91 Å². The van der Waals surface area contributed by atoms with Gasteiger partial charge in [-0.1, -0.05) is 6.08 Å². The van der Waals surface area contributed by atoms with E-state index in [4.69, 9.17) is 9.47 Å². The van der Waals surface area contributed by atoms with E-state index in [1.165, 1.54) is 0 Å². The van der Waals surface area contributed by atoms with Gasteiger partial charge in [-0.25, -0.2) is 0 Å². The highest BCUT2D eigenvalue weighted by molar-refractivity contribution is 5.79. The number of ether oxygens (including phenoxy) is 2. The molecule has 2 fully saturated rings. The summed E-state index contributed by atoms with van der Waals surface area (Å²) >= 11 is 0. The predicted molar refractivity (Wildman–Crippen MR) is 84.4 cm³/mol. The van der Waals surface area contributed by atoms with Crippen molar-refractivity contribution in [3.63, 3.8) is 0 Å². The van der Waals surface area contributed by atoms with Gasteiger partial charge in [0.1, 0.15) is 5.60 Å². The summed E-state index contributed by atoms with van der Waals surface area (Å²) in [7, 11) is 1.55. The molecule has 3 aliphatic heterocycles. The van der Waals surface area contributed by atoms with Crippen LogP contribution in [0.4, 0.5) is 0 Å². The summed E-state index contributed by atoms with van der Waals surface area (Å²) in [4.78, 5) is 14.5. The maximum Gasteiger partial charge on any atom is 0.223 e. The first-order chi connectivity index (χ1) is 11.1. The molecule has 3 atom stereocenters. The molecule has 0 saturated carbocycles. The second-order valence-corrected chi connectivity index (χ2v) is 6.66. The van der Waals surface area contributed by atoms with Gasteiger partial charge in [0.05, 0.1) is 19.8 Å². The summed E-state index contributed by atoms with van der Waals surface area (Å²) in [5.74, 6) is 0.945. The summed E-state index contributed by atoms with van der Waals surface area (Å²) in [6, 6.07) is 3.66. The lowest BCUT2D eigenvalue weighted by Crippen LogP contribution is -2.47. The minimum atomic E-state index is -0.326. The number of hydrogen-bond acceptors (Lipinski definition) is 4. The van der Waals surface area contributed by atoms with Gasteiger partial charge in [0, 0.05) is 18.9 Å². The highest BCUT2D eigenvalue weighted by Crippen LogP contribution is 2.49. The van der Waals surface area contributed by atoms with Crippen LogP contribution in [0, 0.1) is 5.92 Å². The Labute approximate surface area is 135 Å². The van der Waals surface area contributed by atoms with Crippen LogP contribution >= 0.6 is 0 Å². The first-order valence-electron chi connectivity index (χ1n) is 8.05. The zero-order valence-corrected chi connectivity index (χ0v) is 13.2. The fourth-order valence-electron chi connectivity index (χ4n) is 4.09. The molecule has 23 heavy (non-hydrogen) atoms. The Morgan fingerprint density at radius 2 is 2.30 bits per heavy atom. The highest BCUT2D eigenvalue weighted by Gasteiger charge is 2.53. The number of benzene rings is 1. The largest absolute Gasteiger partial charge is 0.504 e. The number of piperidine rings is 1. The second kappa shape index (κ2) is 4.99. The van der Waals surface area contributed by atoms with Crippen molar-refractivity contribution in [2.75, 3.05) is 20.3 Å². The molecule has 1 aromatic carbocycles. The Morgan fingerprint density at radius 1 is 1.52 bits per heavy atom. The van der Waals surface area contributed by atoms with E-state index in [9.17, 15) is 9.90 Å². The predicted octanol–water partition coefficient (Wildman–Crippen LogP) is 2.19. The van der Waals surface area contributed by atoms with Gasteiger partial charge in [0.25, 0.3) is 0 Å². The van der Waals surface area contributed by atoms with Gasteiger partial charge in [-0.2, -0.15) is 0 Å². The first-order valence-corrected chi connectivity index (χ1v) is 8.05. The Morgan fingerprint density at radius 3 is 2.96 bits per heavy atom. The van der Waals surface area contributed by atoms with Gasteiger partial charge >= 0.3 is 0 Å². The second-order valence-electron chi connectivity index (χ2n) is 6.66. The molecule has 3 aliphatic rings. The number of aromatic hydroxyl groups is 1. The molecule has 4 rings (SSSR count). The van der Waals surface area contributed by atoms with Gasteiger partial charge < -0.3 is 19.5 Å². The van der Waals surface area contributed by atoms with E-state index in [0.29, 0.717) is 18.8 Å². The molecule has 1 N–H and O–H groups in total. The zero-order chi connectivity index (χ0) is 16.2. The number of rotatable bonds is 3. The van der Waals surface area contributed by atoms with Crippen molar-refractivity contribution in [3.05, 3.63) is 35.9 Å². The highest BCUT2D eigenvalue weighted by atomic mass is 16.6. The number of carbonyl (C=O) groups is 1. The number of amides is 1. The lowest BCUT2D eigenvalue weighted by Gasteiger charge is -2.44. The summed E-state index contributed by atoms with van der Waals surface area (Å²) < 4.78 is 10.8. The van der Waals surface area contributed by atoms with Crippen LogP contribution in [-0.4, -0.2) is 41.8 Å². The molecular formula is C18H21NO4. The fraction of sp³-hybridized carbons (Fsp3) is 0.500. The molecule has 0 spiro atoms. The molecule has 5 heteroatoms. The van der Waals surface area contributed by atoms with Crippen LogP contribution < -0.4 is 4.74 Å². The first kappa shape index (κ1) is 14.6. The van der Waals surface area contributed by atoms with Gasteiger partial charge in [-0.05, 0) is 36.1 Å². The SMILES string of the molecule is C=C[C@]1([C@H]2CC(=O)N3CCc4cc(OC)c(O)cc4[C@@H]3C2)CO1. The van der Waals surface area contributed by atoms with Crippen molar-refractivity contribution in [2.45, 2.75) is 30.9 Å². The number of epoxide rings is 1. The number of fused-ring (bicyclic) bond motifs is 3. The van der Waals surface area contributed by atoms with E-state index in [2.05, 4.69) is 6.58 Å². The molecular weight excluding hydrogens is 294 g/mol. The lowest BCUT2D eigenvalue weighted by atomic mass is 9.76. The normalized spacial score (nSPS) is 32.0. The van der Waals surface area contributed by atoms with Crippen LogP contribution in [0.3, 0.4) is 0 Å². The van der Waals surface area contributed by atoms with E-state index in [1.54, 1.807) is 13.2 Å². The third-order valence-corrected chi connectivity index (χ3v) is 5.56. The Kier molecular flexibility index (Phi) is 3.17. The maximum atomic E-state index is 12.6. The number of nitrogens with zero attached hydrogens (tertiary/aromatic N) is 1. The van der Waals surface area contributed by atoms with E-state index in [-0.39, 0.29) is 29.2 Å². The quantitative estimate of drug-likeness (QED) is 0.686. The molecule has 0 aromatic heterocycles. The summed E-state index contributed by atoms with van der Waals surface area (Å²) in [5, 5.41) is 10.1. The minimum absolute atomic E-state index is 0.00262. The number of phenolic OH excluding ortho intramolecular Hbond substituents is 1. The summed E-state index contributed by atoms with van der Waals surface area (Å²) in [5.41, 5.74) is 1.86. The Balaban J connectivity index is 1.71. The van der Waals surface area contributed by atoms with E-state index < -0.39 is 0 Å². The van der Waals surface area contributed by atoms with Gasteiger partial charge in [-0.3, -0.25) is 4.79 Å². The summed E-state index contributed by atoms with van der Waals surface area (Å²) in [6.45, 7) is 5.25. The number of methoxy groups -OCH3 is 1. The average molecular weight is 315 g/mol. The van der Waals surface area contributed by atoms with Crippen molar-refractivity contribution in [2.24, 2.45) is 5.92 Å². The average Bonchev–Trinajstić information content (AvgIpc) is 3.35. The molecule has 1 amide bonds. The van der Waals surface area contributed by atoms with Crippen molar-refractivity contribution in [1.82, 2.24) is 4.90 Å². The molecule has 0 aliphatic carbocycles. The molecule has 3 heterocycles. The Hall–Kier alpha value is -2.01. The van der Waals surface area contributed by atoms with Crippen LogP contribution in [0.1, 0.15) is 30.0 Å². The molecule has 2 saturated heterocycles. The molecule has 5 nitrogen and oxygen atoms in total. The van der Waals surface area contributed by atoms with Crippen LogP contribution in [-0.2, 0) is 16.0 Å². The minimum Gasteiger partial charge on any atom is -0.504 e. The molecule has 1 aromatic rings. The monoisotopic (exact) mass is 315 g/mol. The lowest BCUT2D eigenvalue weighted by molar-refractivity contribution is -0.140. The third-order valence-electron chi connectivity index (χ3n) is 5.56. The Bertz CT molecular complexity index is 680. The topological polar surface area (TPSA) is 62.3 Å². The summed E-state index contributed by atoms with van der Waals surface area (Å²) in [6.07, 6.45) is 3.99. The van der Waals surface area contributed by atoms with Gasteiger partial charge in [-0.15, -0.1) is 6.58 Å². The number of phenols is 1. The standard InChI is InChI=1S/C18H21NO4/c1-3-18(10-23-18)12-7-14-13-9-15(20)16(22-2)6-11(13)4-5-19(14)17(21)8-12/h3,6,9,12,14,20H,1,4-5,7-8,10H2,2H3/t12-,14+,18-/m1/s1. The van der Waals surface area contributed by atoms with Crippen molar-refractivity contribution < 1.29 is 19.4 Å². The van der Waals surface area contributed by atoms with Crippen LogP contribution in [0.2, 0.25) is 0 Å². The molecule has 0 unspecified atom stereocenters. The van der Waals surface area contributed by atoms with Gasteiger partial charge in [0.15, 0.2) is 11.5 Å². The maximum absolute atomic E-state index is 12.6. The molecule has 122 valence electrons. The van der Waals surface area contributed by atoms with Crippen molar-refractivity contribution in [3.8, 4) is 11.5 Å². The van der Waals surface area contributed by atoms with E-state index in [0.717, 1.165) is 30.5 Å². The van der Waals surface area contributed by atoms with Crippen LogP contribution in [0.25, 0.3) is 0 Å². The fourth-order valence-corrected chi connectivity index (χ4v) is 4.09. The third kappa shape index (κ3) is 2.14. The van der Waals surface area contributed by atoms with Crippen LogP contribution in [0.15, 0.2) is 24.8 Å². The van der Waals surface area contributed by atoms with Crippen molar-refractivity contribution in [1.29, 1.82) is 0 Å². The number of hydrogen-bond donors (Lipinski definition) is 1. The molecule has 0 radical (unpaired) electrons. The number of carbonyl (C=O) groups excluding carboxylic acids is 1.